The molecule has 0 bridgehead atoms. The van der Waals surface area contributed by atoms with Gasteiger partial charge in [0.1, 0.15) is 0 Å². The van der Waals surface area contributed by atoms with Gasteiger partial charge in [0.15, 0.2) is 5.82 Å². The van der Waals surface area contributed by atoms with Crippen LogP contribution in [0.25, 0.3) is 61.4 Å². The molecule has 3 aromatic heterocycles. The van der Waals surface area contributed by atoms with Crippen LogP contribution in [0.1, 0.15) is 5.56 Å². The van der Waals surface area contributed by atoms with Crippen molar-refractivity contribution in [2.24, 2.45) is 0 Å². The molecular formula is C33H24N4. The van der Waals surface area contributed by atoms with Crippen molar-refractivity contribution in [2.45, 2.75) is 6.92 Å². The van der Waals surface area contributed by atoms with Crippen LogP contribution in [0.15, 0.2) is 116 Å². The fourth-order valence-electron chi connectivity index (χ4n) is 5.49. The van der Waals surface area contributed by atoms with Gasteiger partial charge < -0.3 is 9.13 Å². The fraction of sp³-hybridized carbons (Fsp3) is 0.0303. The summed E-state index contributed by atoms with van der Waals surface area (Å²) in [6.45, 7) is 6.20. The number of nitrogens with zero attached hydrogens (tertiary/aromatic N) is 4. The van der Waals surface area contributed by atoms with E-state index in [1.807, 2.05) is 54.9 Å². The van der Waals surface area contributed by atoms with Gasteiger partial charge in [-0.1, -0.05) is 73.3 Å². The van der Waals surface area contributed by atoms with E-state index in [0.717, 1.165) is 33.3 Å². The van der Waals surface area contributed by atoms with Crippen LogP contribution in [0.5, 0.6) is 0 Å². The Morgan fingerprint density at radius 3 is 2.24 bits per heavy atom. The standard InChI is InChI=1S/C33H24N4/c1-3-10-28-30-22(2)15-16-24-19-29-27(17-18-36(29)25-13-8-5-9-14-25)32(31(24)30)37(28)26-20-34-33(35-21-26)23-11-6-4-7-12-23/h3-21H,1H2,2H3/b28-10+. The molecule has 0 atom stereocenters. The Morgan fingerprint density at radius 2 is 1.51 bits per heavy atom. The SMILES string of the molecule is C=C/C=c1\c2c(C)ccc3cc4c(ccn4-c4ccccc4)c(c32)n1-c1cnc(-c2ccccc2)nc1. The molecular weight excluding hydrogens is 452 g/mol. The van der Waals surface area contributed by atoms with Crippen molar-refractivity contribution in [3.63, 3.8) is 0 Å². The zero-order chi connectivity index (χ0) is 24.9. The van der Waals surface area contributed by atoms with E-state index in [9.17, 15) is 0 Å². The first-order chi connectivity index (χ1) is 18.2. The molecule has 37 heavy (non-hydrogen) atoms. The minimum absolute atomic E-state index is 0.713. The third kappa shape index (κ3) is 3.23. The molecule has 0 radical (unpaired) electrons. The van der Waals surface area contributed by atoms with Gasteiger partial charge >= 0.3 is 0 Å². The van der Waals surface area contributed by atoms with Crippen molar-refractivity contribution in [2.75, 3.05) is 0 Å². The molecule has 0 aliphatic rings. The van der Waals surface area contributed by atoms with Crippen LogP contribution in [-0.4, -0.2) is 19.1 Å². The minimum atomic E-state index is 0.713. The molecule has 176 valence electrons. The monoisotopic (exact) mass is 476 g/mol. The molecule has 0 aliphatic heterocycles. The van der Waals surface area contributed by atoms with Crippen molar-refractivity contribution < 1.29 is 0 Å². The average molecular weight is 477 g/mol. The molecule has 0 saturated carbocycles. The molecule has 0 amide bonds. The van der Waals surface area contributed by atoms with Crippen LogP contribution in [0.4, 0.5) is 0 Å². The topological polar surface area (TPSA) is 35.6 Å². The lowest BCUT2D eigenvalue weighted by Crippen LogP contribution is -2.15. The van der Waals surface area contributed by atoms with Crippen molar-refractivity contribution >= 4 is 38.7 Å². The van der Waals surface area contributed by atoms with Crippen LogP contribution in [0.3, 0.4) is 0 Å². The fourth-order valence-corrected chi connectivity index (χ4v) is 5.49. The van der Waals surface area contributed by atoms with Gasteiger partial charge in [-0.15, -0.1) is 0 Å². The summed E-state index contributed by atoms with van der Waals surface area (Å²) >= 11 is 0. The molecule has 0 unspecified atom stereocenters. The highest BCUT2D eigenvalue weighted by Crippen LogP contribution is 2.37. The number of allylic oxidation sites excluding steroid dienone is 1. The molecule has 7 rings (SSSR count). The minimum Gasteiger partial charge on any atom is -0.316 e. The van der Waals surface area contributed by atoms with Gasteiger partial charge in [0.25, 0.3) is 0 Å². The number of fused-ring (bicyclic) bond motifs is 2. The summed E-state index contributed by atoms with van der Waals surface area (Å²) in [5, 5.41) is 5.96. The Hall–Kier alpha value is -4.96. The highest BCUT2D eigenvalue weighted by Gasteiger charge is 2.20. The van der Waals surface area contributed by atoms with Crippen molar-refractivity contribution in [3.8, 4) is 22.8 Å². The average Bonchev–Trinajstić information content (AvgIpc) is 3.52. The Bertz CT molecular complexity index is 1980. The second-order valence-electron chi connectivity index (χ2n) is 9.29. The Balaban J connectivity index is 1.59. The largest absolute Gasteiger partial charge is 0.316 e. The summed E-state index contributed by atoms with van der Waals surface area (Å²) in [7, 11) is 0. The normalized spacial score (nSPS) is 12.2. The van der Waals surface area contributed by atoms with Crippen LogP contribution < -0.4 is 5.35 Å². The van der Waals surface area contributed by atoms with E-state index in [-0.39, 0.29) is 0 Å². The van der Waals surface area contributed by atoms with E-state index in [4.69, 9.17) is 9.97 Å². The van der Waals surface area contributed by atoms with Gasteiger partial charge in [-0.2, -0.15) is 0 Å². The molecule has 0 N–H and O–H groups in total. The number of benzene rings is 4. The van der Waals surface area contributed by atoms with Crippen molar-refractivity contribution in [1.29, 1.82) is 0 Å². The molecule has 0 spiro atoms. The smallest absolute Gasteiger partial charge is 0.159 e. The first kappa shape index (κ1) is 21.3. The summed E-state index contributed by atoms with van der Waals surface area (Å²) in [4.78, 5) is 9.52. The van der Waals surface area contributed by atoms with Gasteiger partial charge in [0, 0.05) is 33.6 Å². The number of para-hydroxylation sites is 1. The number of aryl methyl sites for hydroxylation is 1. The summed E-state index contributed by atoms with van der Waals surface area (Å²) in [5.74, 6) is 0.713. The molecule has 0 aliphatic carbocycles. The Kier molecular flexibility index (Phi) is 4.79. The van der Waals surface area contributed by atoms with Gasteiger partial charge in [-0.05, 0) is 48.2 Å². The molecule has 0 fully saturated rings. The van der Waals surface area contributed by atoms with E-state index in [2.05, 4.69) is 83.4 Å². The summed E-state index contributed by atoms with van der Waals surface area (Å²) in [6.07, 6.45) is 9.95. The highest BCUT2D eigenvalue weighted by atomic mass is 15.0. The molecule has 0 saturated heterocycles. The predicted octanol–water partition coefficient (Wildman–Crippen LogP) is 7.18. The van der Waals surface area contributed by atoms with E-state index in [1.54, 1.807) is 0 Å². The van der Waals surface area contributed by atoms with Gasteiger partial charge in [0.05, 0.1) is 34.5 Å². The van der Waals surface area contributed by atoms with E-state index >= 15 is 0 Å². The van der Waals surface area contributed by atoms with Crippen molar-refractivity contribution in [3.05, 3.63) is 127 Å². The third-order valence-corrected chi connectivity index (χ3v) is 7.11. The van der Waals surface area contributed by atoms with Crippen LogP contribution >= 0.6 is 0 Å². The lowest BCUT2D eigenvalue weighted by atomic mass is 10.0. The summed E-state index contributed by atoms with van der Waals surface area (Å²) < 4.78 is 4.55. The number of hydrogen-bond acceptors (Lipinski definition) is 2. The van der Waals surface area contributed by atoms with Crippen LogP contribution in [-0.2, 0) is 0 Å². The lowest BCUT2D eigenvalue weighted by Gasteiger charge is -2.10. The summed E-state index contributed by atoms with van der Waals surface area (Å²) in [5.41, 5.74) is 6.61. The first-order valence-corrected chi connectivity index (χ1v) is 12.4. The lowest BCUT2D eigenvalue weighted by molar-refractivity contribution is 1.03. The molecule has 4 nitrogen and oxygen atoms in total. The number of rotatable bonds is 4. The maximum Gasteiger partial charge on any atom is 0.159 e. The maximum atomic E-state index is 4.76. The Labute approximate surface area is 214 Å². The van der Waals surface area contributed by atoms with Crippen LogP contribution in [0, 0.1) is 6.92 Å². The molecule has 7 aromatic rings. The second-order valence-corrected chi connectivity index (χ2v) is 9.29. The summed E-state index contributed by atoms with van der Waals surface area (Å²) in [6, 6.07) is 29.5. The van der Waals surface area contributed by atoms with Gasteiger partial charge in [-0.3, -0.25) is 0 Å². The van der Waals surface area contributed by atoms with E-state index in [1.165, 1.54) is 27.1 Å². The van der Waals surface area contributed by atoms with E-state index in [0.29, 0.717) is 5.82 Å². The molecule has 4 aromatic carbocycles. The quantitative estimate of drug-likeness (QED) is 0.270. The van der Waals surface area contributed by atoms with E-state index < -0.39 is 0 Å². The Morgan fingerprint density at radius 1 is 0.784 bits per heavy atom. The zero-order valence-corrected chi connectivity index (χ0v) is 20.5. The highest BCUT2D eigenvalue weighted by molar-refractivity contribution is 6.22. The zero-order valence-electron chi connectivity index (χ0n) is 20.5. The molecule has 4 heteroatoms. The second kappa shape index (κ2) is 8.32. The molecule has 3 heterocycles. The first-order valence-electron chi connectivity index (χ1n) is 12.4. The van der Waals surface area contributed by atoms with Gasteiger partial charge in [0.2, 0.25) is 0 Å². The number of aromatic nitrogens is 4. The number of hydrogen-bond donors (Lipinski definition) is 0. The van der Waals surface area contributed by atoms with Crippen molar-refractivity contribution in [1.82, 2.24) is 19.1 Å². The van der Waals surface area contributed by atoms with Gasteiger partial charge in [-0.25, -0.2) is 9.97 Å². The maximum absolute atomic E-state index is 4.76. The van der Waals surface area contributed by atoms with Crippen LogP contribution in [0.2, 0.25) is 0 Å². The predicted molar refractivity (Wildman–Crippen MR) is 153 cm³/mol. The third-order valence-electron chi connectivity index (χ3n) is 7.11.